The molecule has 0 radical (unpaired) electrons. The fraction of sp³-hybridized carbons (Fsp3) is 0.259. The Hall–Kier alpha value is -4.92. The normalized spacial score (nSPS) is 14.8. The Morgan fingerprint density at radius 2 is 1.92 bits per heavy atom. The number of amides is 1. The number of methoxy groups -OCH3 is 2. The molecule has 5 rings (SSSR count). The second-order valence-electron chi connectivity index (χ2n) is 8.94. The van der Waals surface area contributed by atoms with Crippen LogP contribution in [0.15, 0.2) is 37.3 Å². The van der Waals surface area contributed by atoms with Gasteiger partial charge in [-0.2, -0.15) is 10.2 Å². The molecule has 1 aromatic carbocycles. The van der Waals surface area contributed by atoms with Crippen molar-refractivity contribution in [2.45, 2.75) is 12.5 Å². The van der Waals surface area contributed by atoms with Gasteiger partial charge in [0.15, 0.2) is 23.1 Å². The van der Waals surface area contributed by atoms with Crippen LogP contribution in [0.5, 0.6) is 11.5 Å². The van der Waals surface area contributed by atoms with Crippen LogP contribution in [0.25, 0.3) is 22.0 Å². The number of ether oxygens (including phenoxy) is 2. The Labute approximate surface area is 222 Å². The molecule has 200 valence electrons. The summed E-state index contributed by atoms with van der Waals surface area (Å²) in [6.07, 6.45) is 7.02. The number of pyridine rings is 1. The van der Waals surface area contributed by atoms with Gasteiger partial charge in [0.1, 0.15) is 17.1 Å². The zero-order chi connectivity index (χ0) is 27.8. The third kappa shape index (κ3) is 4.41. The average Bonchev–Trinajstić information content (AvgIpc) is 3.68. The number of halogens is 2. The lowest BCUT2D eigenvalue weighted by molar-refractivity contribution is -0.125. The van der Waals surface area contributed by atoms with Crippen molar-refractivity contribution in [2.24, 2.45) is 7.05 Å². The smallest absolute Gasteiger partial charge is 0.246 e. The monoisotopic (exact) mass is 533 g/mol. The average molecular weight is 534 g/mol. The Morgan fingerprint density at radius 3 is 2.54 bits per heavy atom. The molecule has 1 unspecified atom stereocenters. The molecule has 1 fully saturated rings. The van der Waals surface area contributed by atoms with Crippen LogP contribution in [0.2, 0.25) is 0 Å². The van der Waals surface area contributed by atoms with E-state index in [0.29, 0.717) is 36.0 Å². The maximum atomic E-state index is 15.0. The quantitative estimate of drug-likeness (QED) is 0.310. The Kier molecular flexibility index (Phi) is 6.66. The number of likely N-dealkylation sites (tertiary alicyclic amines) is 1. The molecule has 1 aliphatic rings. The minimum Gasteiger partial charge on any atom is -0.493 e. The maximum absolute atomic E-state index is 15.0. The zero-order valence-electron chi connectivity index (χ0n) is 21.5. The van der Waals surface area contributed by atoms with Crippen molar-refractivity contribution in [1.82, 2.24) is 29.4 Å². The molecule has 1 atom stereocenters. The fourth-order valence-electron chi connectivity index (χ4n) is 4.71. The van der Waals surface area contributed by atoms with Gasteiger partial charge in [-0.1, -0.05) is 12.5 Å². The number of aryl methyl sites for hydroxylation is 1. The van der Waals surface area contributed by atoms with Crippen molar-refractivity contribution < 1.29 is 23.0 Å². The van der Waals surface area contributed by atoms with Crippen molar-refractivity contribution in [3.63, 3.8) is 0 Å². The Balaban J connectivity index is 1.73. The third-order valence-corrected chi connectivity index (χ3v) is 6.65. The molecule has 1 amide bonds. The number of aromatic nitrogens is 5. The van der Waals surface area contributed by atoms with E-state index >= 15 is 0 Å². The first-order valence-electron chi connectivity index (χ1n) is 12.0. The molecule has 1 saturated heterocycles. The van der Waals surface area contributed by atoms with E-state index in [1.165, 1.54) is 20.3 Å². The van der Waals surface area contributed by atoms with E-state index in [0.717, 1.165) is 11.6 Å². The first kappa shape index (κ1) is 25.7. The summed E-state index contributed by atoms with van der Waals surface area (Å²) < 4.78 is 43.4. The standard InChI is InChI=1S/C27H25F2N7O3/c1-5-22(37)35-9-8-16(14-35)36-26-18(15-11-32-34(2)13-15)12-31-27(30)23(26)19(33-36)7-6-17-24(28)20(38-3)10-21(39-4)25(17)29/h5,10-13,16H,1,8-9,14H2,2-4H3,(H2,30,31). The Morgan fingerprint density at radius 1 is 1.21 bits per heavy atom. The number of carbonyl (C=O) groups excluding carboxylic acids is 1. The predicted octanol–water partition coefficient (Wildman–Crippen LogP) is 3.07. The number of rotatable bonds is 5. The highest BCUT2D eigenvalue weighted by molar-refractivity contribution is 6.02. The molecule has 10 nitrogen and oxygen atoms in total. The second-order valence-corrected chi connectivity index (χ2v) is 8.94. The highest BCUT2D eigenvalue weighted by atomic mass is 19.1. The minimum atomic E-state index is -0.969. The highest BCUT2D eigenvalue weighted by Crippen LogP contribution is 2.36. The van der Waals surface area contributed by atoms with Crippen LogP contribution in [-0.2, 0) is 11.8 Å². The van der Waals surface area contributed by atoms with Crippen LogP contribution in [0.3, 0.4) is 0 Å². The van der Waals surface area contributed by atoms with Gasteiger partial charge in [-0.15, -0.1) is 0 Å². The van der Waals surface area contributed by atoms with Gasteiger partial charge in [-0.3, -0.25) is 14.2 Å². The topological polar surface area (TPSA) is 113 Å². The largest absolute Gasteiger partial charge is 0.493 e. The van der Waals surface area contributed by atoms with Crippen molar-refractivity contribution in [3.05, 3.63) is 60.2 Å². The molecule has 4 aromatic rings. The van der Waals surface area contributed by atoms with Gasteiger partial charge in [0.2, 0.25) is 5.91 Å². The zero-order valence-corrected chi connectivity index (χ0v) is 21.5. The van der Waals surface area contributed by atoms with E-state index in [-0.39, 0.29) is 35.0 Å². The summed E-state index contributed by atoms with van der Waals surface area (Å²) in [6.45, 7) is 4.47. The van der Waals surface area contributed by atoms with Gasteiger partial charge in [0, 0.05) is 49.7 Å². The molecule has 4 heterocycles. The molecule has 1 aliphatic heterocycles. The van der Waals surface area contributed by atoms with Gasteiger partial charge in [0.25, 0.3) is 0 Å². The number of carbonyl (C=O) groups is 1. The minimum absolute atomic E-state index is 0.148. The van der Waals surface area contributed by atoms with E-state index in [1.54, 1.807) is 33.7 Å². The summed E-state index contributed by atoms with van der Waals surface area (Å²) in [6, 6.07) is 0.896. The van der Waals surface area contributed by atoms with Crippen LogP contribution in [0.4, 0.5) is 14.6 Å². The van der Waals surface area contributed by atoms with Crippen molar-refractivity contribution in [2.75, 3.05) is 33.0 Å². The van der Waals surface area contributed by atoms with E-state index in [9.17, 15) is 13.6 Å². The van der Waals surface area contributed by atoms with E-state index < -0.39 is 17.2 Å². The van der Waals surface area contributed by atoms with Crippen LogP contribution in [0, 0.1) is 23.5 Å². The lowest BCUT2D eigenvalue weighted by Gasteiger charge is -2.16. The number of hydrogen-bond acceptors (Lipinski definition) is 7. The third-order valence-electron chi connectivity index (χ3n) is 6.65. The number of fused-ring (bicyclic) bond motifs is 1. The van der Waals surface area contributed by atoms with Gasteiger partial charge in [-0.05, 0) is 18.4 Å². The first-order valence-corrected chi connectivity index (χ1v) is 12.0. The Bertz CT molecular complexity index is 1650. The number of hydrogen-bond donors (Lipinski definition) is 1. The molecule has 3 aromatic heterocycles. The molecule has 0 spiro atoms. The second kappa shape index (κ2) is 10.1. The molecule has 0 aliphatic carbocycles. The summed E-state index contributed by atoms with van der Waals surface area (Å²) in [7, 11) is 4.31. The number of nitrogens with zero attached hydrogens (tertiary/aromatic N) is 6. The fourth-order valence-corrected chi connectivity index (χ4v) is 4.71. The van der Waals surface area contributed by atoms with Crippen molar-refractivity contribution in [3.8, 4) is 34.5 Å². The number of nitrogen functional groups attached to an aromatic ring is 1. The lowest BCUT2D eigenvalue weighted by atomic mass is 10.1. The summed E-state index contributed by atoms with van der Waals surface area (Å²) in [4.78, 5) is 18.3. The highest BCUT2D eigenvalue weighted by Gasteiger charge is 2.30. The summed E-state index contributed by atoms with van der Waals surface area (Å²) in [5, 5.41) is 9.41. The number of benzene rings is 1. The maximum Gasteiger partial charge on any atom is 0.246 e. The molecule has 39 heavy (non-hydrogen) atoms. The van der Waals surface area contributed by atoms with Crippen LogP contribution < -0.4 is 15.2 Å². The van der Waals surface area contributed by atoms with Crippen molar-refractivity contribution >= 4 is 22.6 Å². The number of anilines is 1. The van der Waals surface area contributed by atoms with Crippen LogP contribution in [0.1, 0.15) is 23.7 Å². The van der Waals surface area contributed by atoms with Gasteiger partial charge >= 0.3 is 0 Å². The lowest BCUT2D eigenvalue weighted by Crippen LogP contribution is -2.27. The molecular weight excluding hydrogens is 508 g/mol. The van der Waals surface area contributed by atoms with E-state index in [1.807, 2.05) is 6.20 Å². The van der Waals surface area contributed by atoms with Crippen LogP contribution in [-0.4, -0.2) is 62.7 Å². The summed E-state index contributed by atoms with van der Waals surface area (Å²) >= 11 is 0. The molecule has 0 saturated carbocycles. The predicted molar refractivity (Wildman–Crippen MR) is 140 cm³/mol. The van der Waals surface area contributed by atoms with E-state index in [2.05, 4.69) is 28.5 Å². The van der Waals surface area contributed by atoms with E-state index in [4.69, 9.17) is 20.3 Å². The number of nitrogens with two attached hydrogens (primary N) is 1. The SMILES string of the molecule is C=CC(=O)N1CCC(n2nc(C#Cc3c(F)c(OC)cc(OC)c3F)c3c(N)ncc(-c4cnn(C)c4)c32)C1. The molecular formula is C27H25F2N7O3. The molecule has 2 N–H and O–H groups in total. The molecule has 0 bridgehead atoms. The van der Waals surface area contributed by atoms with Gasteiger partial charge in [-0.25, -0.2) is 13.8 Å². The van der Waals surface area contributed by atoms with Gasteiger partial charge < -0.3 is 20.1 Å². The summed E-state index contributed by atoms with van der Waals surface area (Å²) in [5.74, 6) is 2.94. The van der Waals surface area contributed by atoms with Crippen LogP contribution >= 0.6 is 0 Å². The molecule has 12 heteroatoms. The summed E-state index contributed by atoms with van der Waals surface area (Å²) in [5.41, 5.74) is 8.05. The first-order chi connectivity index (χ1) is 18.8. The van der Waals surface area contributed by atoms with Gasteiger partial charge in [0.05, 0.1) is 37.4 Å². The van der Waals surface area contributed by atoms with Crippen molar-refractivity contribution in [1.29, 1.82) is 0 Å².